The number of H-pyrrole nitrogens is 1. The molecule has 2 nitrogen and oxygen atoms in total. The highest BCUT2D eigenvalue weighted by molar-refractivity contribution is 7.71. The second-order valence-electron chi connectivity index (χ2n) is 4.59. The van der Waals surface area contributed by atoms with Gasteiger partial charge in [-0.2, -0.15) is 13.2 Å². The first-order valence-corrected chi connectivity index (χ1v) is 6.19. The van der Waals surface area contributed by atoms with Gasteiger partial charge in [-0.1, -0.05) is 32.1 Å². The summed E-state index contributed by atoms with van der Waals surface area (Å²) in [5.74, 6) is 0.230. The lowest BCUT2D eigenvalue weighted by atomic mass is 10.1. The Morgan fingerprint density at radius 3 is 2.42 bits per heavy atom. The van der Waals surface area contributed by atoms with Gasteiger partial charge in [0, 0.05) is 5.69 Å². The molecule has 2 aromatic rings. The van der Waals surface area contributed by atoms with Gasteiger partial charge in [-0.3, -0.25) is 5.10 Å². The normalized spacial score (nSPS) is 12.1. The lowest BCUT2D eigenvalue weighted by Crippen LogP contribution is -2.06. The fourth-order valence-electron chi connectivity index (χ4n) is 1.72. The van der Waals surface area contributed by atoms with Gasteiger partial charge in [0.25, 0.3) is 0 Å². The molecule has 6 heteroatoms. The van der Waals surface area contributed by atoms with Crippen LogP contribution in [0, 0.1) is 4.64 Å². The molecular formula is C13H13F3N2S. The van der Waals surface area contributed by atoms with Crippen LogP contribution in [-0.4, -0.2) is 9.78 Å². The minimum Gasteiger partial charge on any atom is -0.297 e. The molecule has 2 rings (SSSR count). The zero-order chi connectivity index (χ0) is 14.2. The molecule has 1 aromatic heterocycles. The van der Waals surface area contributed by atoms with Crippen LogP contribution in [0.25, 0.3) is 5.69 Å². The Bertz CT molecular complexity index is 638. The number of nitrogens with zero attached hydrogens (tertiary/aromatic N) is 1. The smallest absolute Gasteiger partial charge is 0.297 e. The third-order valence-corrected chi connectivity index (χ3v) is 3.09. The van der Waals surface area contributed by atoms with Crippen molar-refractivity contribution in [2.45, 2.75) is 25.9 Å². The maximum absolute atomic E-state index is 12.7. The monoisotopic (exact) mass is 286 g/mol. The summed E-state index contributed by atoms with van der Waals surface area (Å²) in [4.78, 5) is 0. The highest BCUT2D eigenvalue weighted by Gasteiger charge is 2.30. The molecule has 0 fully saturated rings. The van der Waals surface area contributed by atoms with Gasteiger partial charge in [-0.15, -0.1) is 0 Å². The molecule has 0 unspecified atom stereocenters. The summed E-state index contributed by atoms with van der Waals surface area (Å²) in [6, 6.07) is 6.84. The van der Waals surface area contributed by atoms with Crippen LogP contribution in [0.4, 0.5) is 13.2 Å². The number of nitrogens with one attached hydrogen (secondary N) is 1. The second-order valence-corrected chi connectivity index (χ2v) is 5.01. The van der Waals surface area contributed by atoms with Gasteiger partial charge in [0.2, 0.25) is 0 Å². The first-order valence-electron chi connectivity index (χ1n) is 5.78. The number of benzene rings is 1. The minimum absolute atomic E-state index is 0.230. The van der Waals surface area contributed by atoms with E-state index in [0.717, 1.165) is 17.8 Å². The van der Waals surface area contributed by atoms with E-state index >= 15 is 0 Å². The van der Waals surface area contributed by atoms with Gasteiger partial charge in [0.15, 0.2) is 0 Å². The second kappa shape index (κ2) is 4.85. The van der Waals surface area contributed by atoms with E-state index in [1.165, 1.54) is 10.7 Å². The summed E-state index contributed by atoms with van der Waals surface area (Å²) < 4.78 is 40.0. The molecule has 0 spiro atoms. The maximum Gasteiger partial charge on any atom is 0.416 e. The standard InChI is InChI=1S/C13H13F3N2S/c1-8(2)11-7-12(19)18(17-11)10-5-3-4-9(6-10)13(14,15)16/h3-8,17H,1-2H3. The third-order valence-electron chi connectivity index (χ3n) is 2.79. The van der Waals surface area contributed by atoms with E-state index < -0.39 is 11.7 Å². The number of rotatable bonds is 2. The van der Waals surface area contributed by atoms with Gasteiger partial charge < -0.3 is 0 Å². The van der Waals surface area contributed by atoms with Gasteiger partial charge in [0.05, 0.1) is 11.3 Å². The van der Waals surface area contributed by atoms with Crippen LogP contribution in [0.2, 0.25) is 0 Å². The summed E-state index contributed by atoms with van der Waals surface area (Å²) >= 11 is 5.16. The van der Waals surface area contributed by atoms with Crippen molar-refractivity contribution in [1.29, 1.82) is 0 Å². The van der Waals surface area contributed by atoms with Crippen molar-refractivity contribution in [2.24, 2.45) is 0 Å². The fraction of sp³-hybridized carbons (Fsp3) is 0.308. The van der Waals surface area contributed by atoms with E-state index in [1.807, 2.05) is 13.8 Å². The molecule has 0 aliphatic rings. The third kappa shape index (κ3) is 2.89. The summed E-state index contributed by atoms with van der Waals surface area (Å²) in [7, 11) is 0. The Hall–Kier alpha value is -1.56. The van der Waals surface area contributed by atoms with Crippen LogP contribution in [0.1, 0.15) is 31.0 Å². The zero-order valence-electron chi connectivity index (χ0n) is 10.5. The summed E-state index contributed by atoms with van der Waals surface area (Å²) in [5.41, 5.74) is 0.585. The number of hydrogen-bond acceptors (Lipinski definition) is 1. The molecule has 0 aliphatic carbocycles. The SMILES string of the molecule is CC(C)c1cc(=S)n(-c2cccc(C(F)(F)F)c2)[nH]1. The molecule has 0 bridgehead atoms. The summed E-state index contributed by atoms with van der Waals surface area (Å²) in [6.45, 7) is 3.97. The van der Waals surface area contributed by atoms with Crippen molar-refractivity contribution < 1.29 is 13.2 Å². The molecule has 0 radical (unpaired) electrons. The topological polar surface area (TPSA) is 20.7 Å². The van der Waals surface area contributed by atoms with E-state index in [1.54, 1.807) is 12.1 Å². The van der Waals surface area contributed by atoms with E-state index in [9.17, 15) is 13.2 Å². The van der Waals surface area contributed by atoms with E-state index in [-0.39, 0.29) is 5.92 Å². The maximum atomic E-state index is 12.7. The van der Waals surface area contributed by atoms with Crippen LogP contribution >= 0.6 is 12.2 Å². The van der Waals surface area contributed by atoms with Crippen molar-refractivity contribution >= 4 is 12.2 Å². The molecule has 1 N–H and O–H groups in total. The molecule has 0 saturated heterocycles. The molecular weight excluding hydrogens is 273 g/mol. The molecule has 1 heterocycles. The van der Waals surface area contributed by atoms with Crippen molar-refractivity contribution in [3.8, 4) is 5.69 Å². The number of hydrogen-bond donors (Lipinski definition) is 1. The zero-order valence-corrected chi connectivity index (χ0v) is 11.3. The lowest BCUT2D eigenvalue weighted by molar-refractivity contribution is -0.137. The van der Waals surface area contributed by atoms with E-state index in [2.05, 4.69) is 5.10 Å². The molecule has 0 amide bonds. The summed E-state index contributed by atoms with van der Waals surface area (Å²) in [5, 5.41) is 3.02. The predicted molar refractivity (Wildman–Crippen MR) is 70.0 cm³/mol. The molecule has 102 valence electrons. The van der Waals surface area contributed by atoms with Gasteiger partial charge >= 0.3 is 6.18 Å². The van der Waals surface area contributed by atoms with E-state index in [4.69, 9.17) is 12.2 Å². The number of halogens is 3. The van der Waals surface area contributed by atoms with Crippen LogP contribution in [-0.2, 0) is 6.18 Å². The van der Waals surface area contributed by atoms with Crippen LogP contribution in [0.3, 0.4) is 0 Å². The van der Waals surface area contributed by atoms with Gasteiger partial charge in [0.1, 0.15) is 4.64 Å². The van der Waals surface area contributed by atoms with Gasteiger partial charge in [-0.05, 0) is 30.2 Å². The highest BCUT2D eigenvalue weighted by atomic mass is 32.1. The van der Waals surface area contributed by atoms with Gasteiger partial charge in [-0.25, -0.2) is 4.68 Å². The van der Waals surface area contributed by atoms with Crippen LogP contribution < -0.4 is 0 Å². The first kappa shape index (κ1) is 13.9. The Kier molecular flexibility index (Phi) is 3.54. The largest absolute Gasteiger partial charge is 0.416 e. The fourth-order valence-corrected chi connectivity index (χ4v) is 2.00. The summed E-state index contributed by atoms with van der Waals surface area (Å²) in [6.07, 6.45) is -4.36. The molecule has 1 aromatic carbocycles. The Morgan fingerprint density at radius 2 is 1.89 bits per heavy atom. The minimum atomic E-state index is -4.36. The van der Waals surface area contributed by atoms with Crippen molar-refractivity contribution in [2.75, 3.05) is 0 Å². The van der Waals surface area contributed by atoms with Crippen LogP contribution in [0.5, 0.6) is 0 Å². The molecule has 19 heavy (non-hydrogen) atoms. The Balaban J connectivity index is 2.51. The Labute approximate surface area is 113 Å². The van der Waals surface area contributed by atoms with Crippen molar-refractivity contribution in [1.82, 2.24) is 9.78 Å². The average Bonchev–Trinajstić information content (AvgIpc) is 2.71. The molecule has 0 saturated carbocycles. The number of alkyl halides is 3. The highest BCUT2D eigenvalue weighted by Crippen LogP contribution is 2.30. The van der Waals surface area contributed by atoms with Crippen molar-refractivity contribution in [3.63, 3.8) is 0 Å². The first-order chi connectivity index (χ1) is 8.79. The average molecular weight is 286 g/mol. The predicted octanol–water partition coefficient (Wildman–Crippen LogP) is 4.68. The lowest BCUT2D eigenvalue weighted by Gasteiger charge is -2.09. The molecule has 0 aliphatic heterocycles. The number of aromatic nitrogens is 2. The Morgan fingerprint density at radius 1 is 1.21 bits per heavy atom. The number of aromatic amines is 1. The van der Waals surface area contributed by atoms with Crippen LogP contribution in [0.15, 0.2) is 30.3 Å². The van der Waals surface area contributed by atoms with Crippen molar-refractivity contribution in [3.05, 3.63) is 46.2 Å². The quantitative estimate of drug-likeness (QED) is 0.795. The van der Waals surface area contributed by atoms with E-state index in [0.29, 0.717) is 10.3 Å². The molecule has 0 atom stereocenters.